The number of carbonyl (C=O) groups is 1. The maximum Gasteiger partial charge on any atom is 0.410 e. The molecule has 0 aliphatic rings. The second kappa shape index (κ2) is 6.85. The molecule has 2 N–H and O–H groups in total. The van der Waals surface area contributed by atoms with Crippen molar-refractivity contribution in [2.45, 2.75) is 3.98 Å². The summed E-state index contributed by atoms with van der Waals surface area (Å²) in [7, 11) is 0. The predicted molar refractivity (Wildman–Crippen MR) is 56.5 cm³/mol. The fourth-order valence-electron chi connectivity index (χ4n) is 0.522. The van der Waals surface area contributed by atoms with Crippen LogP contribution in [-0.2, 0) is 4.74 Å². The van der Waals surface area contributed by atoms with Crippen molar-refractivity contribution in [3.8, 4) is 0 Å². The fourth-order valence-corrected chi connectivity index (χ4v) is 0.732. The van der Waals surface area contributed by atoms with Crippen molar-refractivity contribution < 1.29 is 9.53 Å². The number of hydrogen-bond donors (Lipinski definition) is 2. The molecule has 14 heavy (non-hydrogen) atoms. The molecule has 0 saturated carbocycles. The van der Waals surface area contributed by atoms with Gasteiger partial charge in [-0.2, -0.15) is 0 Å². The SMILES string of the molecule is C=C=CNCCNC(=O)OC(Cl)(Cl)Cl. The number of nitrogens with one attached hydrogen (secondary N) is 2. The van der Waals surface area contributed by atoms with Crippen molar-refractivity contribution in [3.05, 3.63) is 18.5 Å². The molecule has 0 rings (SSSR count). The molecule has 0 fully saturated rings. The Kier molecular flexibility index (Phi) is 6.58. The van der Waals surface area contributed by atoms with Gasteiger partial charge in [-0.15, -0.1) is 5.73 Å². The number of rotatable bonds is 4. The number of amides is 1. The first kappa shape index (κ1) is 13.5. The van der Waals surface area contributed by atoms with Gasteiger partial charge in [-0.1, -0.05) is 6.58 Å². The van der Waals surface area contributed by atoms with E-state index in [0.717, 1.165) is 0 Å². The first-order chi connectivity index (χ1) is 6.45. The largest absolute Gasteiger partial charge is 0.410 e. The highest BCUT2D eigenvalue weighted by Gasteiger charge is 2.24. The zero-order chi connectivity index (χ0) is 11.0. The molecule has 0 aromatic heterocycles. The summed E-state index contributed by atoms with van der Waals surface area (Å²) in [6.45, 7) is 4.16. The maximum atomic E-state index is 10.8. The van der Waals surface area contributed by atoms with Crippen molar-refractivity contribution in [2.24, 2.45) is 0 Å². The van der Waals surface area contributed by atoms with Gasteiger partial charge in [0.15, 0.2) is 0 Å². The van der Waals surface area contributed by atoms with E-state index >= 15 is 0 Å². The molecule has 0 aromatic rings. The smallest absolute Gasteiger partial charge is 0.398 e. The first-order valence-corrected chi connectivity index (χ1v) is 4.70. The number of halogens is 3. The second-order valence-corrected chi connectivity index (χ2v) is 4.24. The lowest BCUT2D eigenvalue weighted by Gasteiger charge is -2.12. The van der Waals surface area contributed by atoms with Crippen LogP contribution in [0.3, 0.4) is 0 Å². The van der Waals surface area contributed by atoms with Crippen LogP contribution in [0.25, 0.3) is 0 Å². The van der Waals surface area contributed by atoms with Crippen molar-refractivity contribution >= 4 is 40.9 Å². The van der Waals surface area contributed by atoms with Crippen LogP contribution < -0.4 is 10.6 Å². The molecular formula is C7H9Cl3N2O2. The van der Waals surface area contributed by atoms with Crippen LogP contribution in [0.5, 0.6) is 0 Å². The highest BCUT2D eigenvalue weighted by molar-refractivity contribution is 6.66. The average molecular weight is 260 g/mol. The van der Waals surface area contributed by atoms with Crippen molar-refractivity contribution in [3.63, 3.8) is 0 Å². The molecule has 7 heteroatoms. The van der Waals surface area contributed by atoms with Gasteiger partial charge in [0.25, 0.3) is 0 Å². The standard InChI is InChI=1S/C7H9Cl3N2O2/c1-2-3-11-4-5-12-6(13)14-7(8,9)10/h3,11H,1,4-5H2,(H,12,13). The molecule has 0 radical (unpaired) electrons. The quantitative estimate of drug-likeness (QED) is 0.461. The van der Waals surface area contributed by atoms with Gasteiger partial charge in [0.1, 0.15) is 0 Å². The third-order valence-electron chi connectivity index (χ3n) is 0.951. The minimum atomic E-state index is -2.03. The van der Waals surface area contributed by atoms with Gasteiger partial charge in [0.05, 0.1) is 0 Å². The van der Waals surface area contributed by atoms with E-state index in [-0.39, 0.29) is 0 Å². The Bertz CT molecular complexity index is 234. The minimum Gasteiger partial charge on any atom is -0.398 e. The van der Waals surface area contributed by atoms with Crippen LogP contribution in [0.15, 0.2) is 18.5 Å². The van der Waals surface area contributed by atoms with Crippen LogP contribution in [0.2, 0.25) is 0 Å². The molecule has 0 aromatic carbocycles. The average Bonchev–Trinajstić information content (AvgIpc) is 2.00. The van der Waals surface area contributed by atoms with Gasteiger partial charge in [-0.05, 0) is 34.8 Å². The second-order valence-electron chi connectivity index (χ2n) is 2.06. The number of carbonyl (C=O) groups excluding carboxylic acids is 1. The van der Waals surface area contributed by atoms with Crippen molar-refractivity contribution in [2.75, 3.05) is 13.1 Å². The van der Waals surface area contributed by atoms with Gasteiger partial charge in [0.2, 0.25) is 0 Å². The van der Waals surface area contributed by atoms with E-state index in [0.29, 0.717) is 13.1 Å². The molecule has 80 valence electrons. The van der Waals surface area contributed by atoms with Crippen LogP contribution >= 0.6 is 34.8 Å². The molecule has 0 bridgehead atoms. The lowest BCUT2D eigenvalue weighted by Crippen LogP contribution is -2.33. The lowest BCUT2D eigenvalue weighted by molar-refractivity contribution is 0.144. The zero-order valence-electron chi connectivity index (χ0n) is 7.15. The summed E-state index contributed by atoms with van der Waals surface area (Å²) in [4.78, 5) is 10.8. The van der Waals surface area contributed by atoms with Gasteiger partial charge in [-0.3, -0.25) is 0 Å². The third kappa shape index (κ3) is 9.55. The first-order valence-electron chi connectivity index (χ1n) is 3.57. The Labute approximate surface area is 96.8 Å². The third-order valence-corrected chi connectivity index (χ3v) is 1.18. The maximum absolute atomic E-state index is 10.8. The summed E-state index contributed by atoms with van der Waals surface area (Å²) in [5.74, 6) is 0. The topological polar surface area (TPSA) is 50.4 Å². The summed E-state index contributed by atoms with van der Waals surface area (Å²) < 4.78 is 2.30. The minimum absolute atomic E-state index is 0.331. The molecule has 0 aliphatic heterocycles. The van der Waals surface area contributed by atoms with Gasteiger partial charge >= 0.3 is 10.1 Å². The molecule has 4 nitrogen and oxygen atoms in total. The van der Waals surface area contributed by atoms with Crippen LogP contribution in [0.4, 0.5) is 4.79 Å². The molecule has 0 spiro atoms. The van der Waals surface area contributed by atoms with Gasteiger partial charge in [-0.25, -0.2) is 4.79 Å². The summed E-state index contributed by atoms with van der Waals surface area (Å²) in [6.07, 6.45) is 0.719. The fraction of sp³-hybridized carbons (Fsp3) is 0.429. The van der Waals surface area contributed by atoms with Gasteiger partial charge < -0.3 is 15.4 Å². The molecule has 0 atom stereocenters. The van der Waals surface area contributed by atoms with Crippen molar-refractivity contribution in [1.29, 1.82) is 0 Å². The summed E-state index contributed by atoms with van der Waals surface area (Å²) in [6, 6.07) is 0. The van der Waals surface area contributed by atoms with Crippen LogP contribution in [0.1, 0.15) is 0 Å². The predicted octanol–water partition coefficient (Wildman–Crippen LogP) is 1.93. The Balaban J connectivity index is 3.50. The van der Waals surface area contributed by atoms with Crippen molar-refractivity contribution in [1.82, 2.24) is 10.6 Å². The van der Waals surface area contributed by atoms with E-state index in [1.165, 1.54) is 6.20 Å². The van der Waals surface area contributed by atoms with Crippen LogP contribution in [-0.4, -0.2) is 23.2 Å². The number of alkyl halides is 3. The van der Waals surface area contributed by atoms with E-state index in [2.05, 4.69) is 27.7 Å². The van der Waals surface area contributed by atoms with Gasteiger partial charge in [0, 0.05) is 19.3 Å². The normalized spacial score (nSPS) is 9.93. The lowest BCUT2D eigenvalue weighted by atomic mass is 10.6. The van der Waals surface area contributed by atoms with E-state index in [1.807, 2.05) is 0 Å². The molecule has 1 amide bonds. The summed E-state index contributed by atoms with van der Waals surface area (Å²) in [5.41, 5.74) is 2.50. The molecule has 0 aliphatic carbocycles. The summed E-state index contributed by atoms with van der Waals surface area (Å²) in [5, 5.41) is 5.14. The van der Waals surface area contributed by atoms with E-state index < -0.39 is 10.1 Å². The molecule has 0 unspecified atom stereocenters. The van der Waals surface area contributed by atoms with E-state index in [4.69, 9.17) is 34.8 Å². The Morgan fingerprint density at radius 1 is 1.50 bits per heavy atom. The molecule has 0 heterocycles. The zero-order valence-corrected chi connectivity index (χ0v) is 9.42. The molecular weight excluding hydrogens is 250 g/mol. The number of hydrogen-bond acceptors (Lipinski definition) is 3. The number of ether oxygens (including phenoxy) is 1. The Hall–Kier alpha value is -0.540. The highest BCUT2D eigenvalue weighted by Crippen LogP contribution is 2.27. The summed E-state index contributed by atoms with van der Waals surface area (Å²) >= 11 is 15.6. The van der Waals surface area contributed by atoms with Crippen LogP contribution in [0, 0.1) is 0 Å². The monoisotopic (exact) mass is 258 g/mol. The molecule has 0 saturated heterocycles. The number of alkyl carbamates (subject to hydrolysis) is 1. The van der Waals surface area contributed by atoms with E-state index in [1.54, 1.807) is 0 Å². The Morgan fingerprint density at radius 2 is 2.14 bits per heavy atom. The Morgan fingerprint density at radius 3 is 2.64 bits per heavy atom. The highest BCUT2D eigenvalue weighted by atomic mass is 35.6. The van der Waals surface area contributed by atoms with E-state index in [9.17, 15) is 4.79 Å².